The molecular formula is C23H34O3. The van der Waals surface area contributed by atoms with E-state index in [4.69, 9.17) is 4.74 Å². The van der Waals surface area contributed by atoms with Crippen LogP contribution in [0.3, 0.4) is 0 Å². The zero-order chi connectivity index (χ0) is 18.7. The molecule has 4 aliphatic rings. The smallest absolute Gasteiger partial charge is 0.302 e. The van der Waals surface area contributed by atoms with Gasteiger partial charge in [0.1, 0.15) is 6.10 Å². The Morgan fingerprint density at radius 2 is 1.73 bits per heavy atom. The number of rotatable bonds is 2. The molecule has 0 aromatic rings. The quantitative estimate of drug-likeness (QED) is 0.646. The maximum absolute atomic E-state index is 11.9. The van der Waals surface area contributed by atoms with Gasteiger partial charge in [-0.05, 0) is 93.0 Å². The lowest BCUT2D eigenvalue weighted by molar-refractivity contribution is -0.160. The van der Waals surface area contributed by atoms with Crippen LogP contribution in [0, 0.1) is 34.5 Å². The summed E-state index contributed by atoms with van der Waals surface area (Å²) in [6.07, 6.45) is 11.7. The SMILES string of the molecule is CC(=O)OC1CCC2C3CCC4CC(C(C)=O)=CCC4(C)C3CCC12C. The van der Waals surface area contributed by atoms with E-state index in [1.165, 1.54) is 32.1 Å². The molecule has 4 aliphatic carbocycles. The van der Waals surface area contributed by atoms with Gasteiger partial charge < -0.3 is 4.74 Å². The van der Waals surface area contributed by atoms with Crippen LogP contribution in [0.5, 0.6) is 0 Å². The molecule has 0 heterocycles. The third-order valence-electron chi connectivity index (χ3n) is 8.99. The van der Waals surface area contributed by atoms with Crippen molar-refractivity contribution in [3.8, 4) is 0 Å². The van der Waals surface area contributed by atoms with Crippen molar-refractivity contribution in [2.75, 3.05) is 0 Å². The number of fused-ring (bicyclic) bond motifs is 5. The van der Waals surface area contributed by atoms with Crippen LogP contribution in [0.1, 0.15) is 79.1 Å². The molecule has 0 aliphatic heterocycles. The van der Waals surface area contributed by atoms with Crippen molar-refractivity contribution < 1.29 is 14.3 Å². The molecule has 3 heteroatoms. The lowest BCUT2D eigenvalue weighted by Crippen LogP contribution is -2.53. The minimum absolute atomic E-state index is 0.118. The van der Waals surface area contributed by atoms with Crippen LogP contribution in [-0.4, -0.2) is 17.9 Å². The third-order valence-corrected chi connectivity index (χ3v) is 8.99. The van der Waals surface area contributed by atoms with Crippen molar-refractivity contribution in [2.24, 2.45) is 34.5 Å². The number of Topliss-reactive ketones (excluding diaryl/α,β-unsaturated/α-hetero) is 1. The maximum atomic E-state index is 11.9. The van der Waals surface area contributed by atoms with Gasteiger partial charge in [0, 0.05) is 12.3 Å². The Kier molecular flexibility index (Phi) is 4.36. The number of hydrogen-bond donors (Lipinski definition) is 0. The van der Waals surface area contributed by atoms with Crippen molar-refractivity contribution in [1.29, 1.82) is 0 Å². The molecule has 0 radical (unpaired) electrons. The molecule has 4 rings (SSSR count). The highest BCUT2D eigenvalue weighted by atomic mass is 16.5. The van der Waals surface area contributed by atoms with E-state index in [9.17, 15) is 9.59 Å². The first-order valence-corrected chi connectivity index (χ1v) is 10.6. The van der Waals surface area contributed by atoms with Crippen LogP contribution in [0.2, 0.25) is 0 Å². The van der Waals surface area contributed by atoms with Gasteiger partial charge in [-0.3, -0.25) is 9.59 Å². The molecule has 0 spiro atoms. The van der Waals surface area contributed by atoms with E-state index < -0.39 is 0 Å². The van der Waals surface area contributed by atoms with Crippen LogP contribution in [-0.2, 0) is 14.3 Å². The Morgan fingerprint density at radius 3 is 2.42 bits per heavy atom. The molecule has 3 fully saturated rings. The molecular weight excluding hydrogens is 324 g/mol. The van der Waals surface area contributed by atoms with E-state index in [2.05, 4.69) is 19.9 Å². The summed E-state index contributed by atoms with van der Waals surface area (Å²) >= 11 is 0. The van der Waals surface area contributed by atoms with Gasteiger partial charge >= 0.3 is 5.97 Å². The Hall–Kier alpha value is -1.12. The molecule has 0 amide bonds. The second-order valence-corrected chi connectivity index (χ2v) is 10.1. The summed E-state index contributed by atoms with van der Waals surface area (Å²) in [5, 5.41) is 0. The van der Waals surface area contributed by atoms with E-state index in [1.54, 1.807) is 13.8 Å². The molecule has 0 N–H and O–H groups in total. The van der Waals surface area contributed by atoms with E-state index in [1.807, 2.05) is 0 Å². The first-order chi connectivity index (χ1) is 12.3. The molecule has 3 nitrogen and oxygen atoms in total. The van der Waals surface area contributed by atoms with Crippen molar-refractivity contribution in [2.45, 2.75) is 85.2 Å². The number of hydrogen-bond acceptors (Lipinski definition) is 3. The Balaban J connectivity index is 1.58. The molecule has 0 bridgehead atoms. The lowest BCUT2D eigenvalue weighted by Gasteiger charge is -2.59. The Labute approximate surface area is 157 Å². The van der Waals surface area contributed by atoms with Gasteiger partial charge in [-0.1, -0.05) is 19.9 Å². The predicted molar refractivity (Wildman–Crippen MR) is 101 cm³/mol. The fourth-order valence-electron chi connectivity index (χ4n) is 7.51. The molecule has 0 aromatic heterocycles. The molecule has 3 saturated carbocycles. The van der Waals surface area contributed by atoms with Crippen LogP contribution >= 0.6 is 0 Å². The minimum Gasteiger partial charge on any atom is -0.462 e. The number of allylic oxidation sites excluding steroid dienone is 2. The predicted octanol–water partition coefficient (Wildman–Crippen LogP) is 5.09. The van der Waals surface area contributed by atoms with Gasteiger partial charge in [0.05, 0.1) is 0 Å². The van der Waals surface area contributed by atoms with Crippen molar-refractivity contribution >= 4 is 11.8 Å². The monoisotopic (exact) mass is 358 g/mol. The van der Waals surface area contributed by atoms with Crippen molar-refractivity contribution in [1.82, 2.24) is 0 Å². The standard InChI is InChI=1S/C23H34O3/c1-14(24)16-9-11-22(3)17(13-16)5-6-18-19-7-8-21(26-15(2)25)23(19,4)12-10-20(18)22/h9,17-21H,5-8,10-13H2,1-4H3. The van der Waals surface area contributed by atoms with E-state index in [-0.39, 0.29) is 23.3 Å². The summed E-state index contributed by atoms with van der Waals surface area (Å²) in [5.74, 6) is 3.04. The highest BCUT2D eigenvalue weighted by Crippen LogP contribution is 2.66. The van der Waals surface area contributed by atoms with E-state index in [0.29, 0.717) is 17.3 Å². The van der Waals surface area contributed by atoms with Crippen LogP contribution in [0.4, 0.5) is 0 Å². The highest BCUT2D eigenvalue weighted by Gasteiger charge is 2.60. The number of esters is 1. The second kappa shape index (κ2) is 6.21. The van der Waals surface area contributed by atoms with Crippen LogP contribution in [0.15, 0.2) is 11.6 Å². The fraction of sp³-hybridized carbons (Fsp3) is 0.826. The average molecular weight is 359 g/mol. The Morgan fingerprint density at radius 1 is 1.00 bits per heavy atom. The normalized spacial score (nSPS) is 47.2. The third kappa shape index (κ3) is 2.60. The van der Waals surface area contributed by atoms with E-state index in [0.717, 1.165) is 36.7 Å². The fourth-order valence-corrected chi connectivity index (χ4v) is 7.51. The molecule has 0 aromatic carbocycles. The summed E-state index contributed by atoms with van der Waals surface area (Å²) in [4.78, 5) is 23.4. The summed E-state index contributed by atoms with van der Waals surface area (Å²) in [5.41, 5.74) is 1.59. The van der Waals surface area contributed by atoms with Gasteiger partial charge in [-0.2, -0.15) is 0 Å². The zero-order valence-corrected chi connectivity index (χ0v) is 16.8. The molecule has 144 valence electrons. The highest BCUT2D eigenvalue weighted by molar-refractivity contribution is 5.93. The molecule has 7 unspecified atom stereocenters. The Bertz CT molecular complexity index is 650. The van der Waals surface area contributed by atoms with Crippen LogP contribution in [0.25, 0.3) is 0 Å². The lowest BCUT2D eigenvalue weighted by atomic mass is 9.45. The van der Waals surface area contributed by atoms with Crippen molar-refractivity contribution in [3.63, 3.8) is 0 Å². The maximum Gasteiger partial charge on any atom is 0.302 e. The first-order valence-electron chi connectivity index (χ1n) is 10.6. The summed E-state index contributed by atoms with van der Waals surface area (Å²) < 4.78 is 5.75. The molecule has 0 saturated heterocycles. The summed E-state index contributed by atoms with van der Waals surface area (Å²) in [6, 6.07) is 0. The van der Waals surface area contributed by atoms with Gasteiger partial charge in [-0.25, -0.2) is 0 Å². The molecule has 26 heavy (non-hydrogen) atoms. The van der Waals surface area contributed by atoms with Gasteiger partial charge in [0.2, 0.25) is 0 Å². The van der Waals surface area contributed by atoms with E-state index >= 15 is 0 Å². The number of ketones is 1. The minimum atomic E-state index is -0.121. The summed E-state index contributed by atoms with van der Waals surface area (Å²) in [6.45, 7) is 8.16. The number of ether oxygens (including phenoxy) is 1. The van der Waals surface area contributed by atoms with Gasteiger partial charge in [0.15, 0.2) is 5.78 Å². The van der Waals surface area contributed by atoms with Gasteiger partial charge in [0.25, 0.3) is 0 Å². The zero-order valence-electron chi connectivity index (χ0n) is 16.8. The van der Waals surface area contributed by atoms with Crippen LogP contribution < -0.4 is 0 Å². The second-order valence-electron chi connectivity index (χ2n) is 10.1. The number of carbonyl (C=O) groups is 2. The average Bonchev–Trinajstić information content (AvgIpc) is 2.90. The largest absolute Gasteiger partial charge is 0.462 e. The molecule has 7 atom stereocenters. The number of carbonyl (C=O) groups excluding carboxylic acids is 2. The van der Waals surface area contributed by atoms with Crippen molar-refractivity contribution in [3.05, 3.63) is 11.6 Å². The summed E-state index contributed by atoms with van der Waals surface area (Å²) in [7, 11) is 0. The van der Waals surface area contributed by atoms with Gasteiger partial charge in [-0.15, -0.1) is 0 Å². The topological polar surface area (TPSA) is 43.4 Å². The first kappa shape index (κ1) is 18.3.